The number of anilines is 1. The lowest BCUT2D eigenvalue weighted by Gasteiger charge is -2.10. The standard InChI is InChI=1S/C12H13F3N4/c1-17-5-4-10-8-6-7(12(13,14)15)2-3-9(8)18-11(16)19-10/h2-3,6,17H,4-5H2,1H3,(H2,16,18,19). The summed E-state index contributed by atoms with van der Waals surface area (Å²) >= 11 is 0. The minimum atomic E-state index is -4.38. The molecular weight excluding hydrogens is 257 g/mol. The Morgan fingerprint density at radius 3 is 2.63 bits per heavy atom. The SMILES string of the molecule is CNCCc1nc(N)nc2ccc(C(F)(F)F)cc12. The molecule has 0 aliphatic carbocycles. The molecule has 4 nitrogen and oxygen atoms in total. The van der Waals surface area contributed by atoms with Crippen LogP contribution in [0.4, 0.5) is 19.1 Å². The number of hydrogen-bond donors (Lipinski definition) is 2. The number of alkyl halides is 3. The minimum absolute atomic E-state index is 0.0679. The smallest absolute Gasteiger partial charge is 0.368 e. The Morgan fingerprint density at radius 2 is 2.00 bits per heavy atom. The lowest BCUT2D eigenvalue weighted by Crippen LogP contribution is -2.13. The van der Waals surface area contributed by atoms with Crippen LogP contribution < -0.4 is 11.1 Å². The second-order valence-electron chi connectivity index (χ2n) is 4.11. The van der Waals surface area contributed by atoms with Gasteiger partial charge in [-0.05, 0) is 25.2 Å². The summed E-state index contributed by atoms with van der Waals surface area (Å²) in [7, 11) is 1.76. The normalized spacial score (nSPS) is 12.0. The molecule has 0 unspecified atom stereocenters. The summed E-state index contributed by atoms with van der Waals surface area (Å²) in [6.45, 7) is 0.599. The maximum absolute atomic E-state index is 12.7. The van der Waals surface area contributed by atoms with Crippen LogP contribution in [-0.4, -0.2) is 23.6 Å². The number of benzene rings is 1. The van der Waals surface area contributed by atoms with E-state index in [9.17, 15) is 13.2 Å². The van der Waals surface area contributed by atoms with Crippen LogP contribution in [0.3, 0.4) is 0 Å². The number of halogens is 3. The van der Waals surface area contributed by atoms with Gasteiger partial charge in [0, 0.05) is 18.4 Å². The molecule has 0 spiro atoms. The highest BCUT2D eigenvalue weighted by Crippen LogP contribution is 2.31. The van der Waals surface area contributed by atoms with Crippen molar-refractivity contribution in [3.63, 3.8) is 0 Å². The van der Waals surface area contributed by atoms with Gasteiger partial charge < -0.3 is 11.1 Å². The molecule has 0 saturated heterocycles. The fraction of sp³-hybridized carbons (Fsp3) is 0.333. The monoisotopic (exact) mass is 270 g/mol. The van der Waals surface area contributed by atoms with Crippen LogP contribution in [0, 0.1) is 0 Å². The number of nitrogen functional groups attached to an aromatic ring is 1. The molecule has 2 aromatic rings. The van der Waals surface area contributed by atoms with E-state index in [1.807, 2.05) is 0 Å². The lowest BCUT2D eigenvalue weighted by atomic mass is 10.1. The number of aromatic nitrogens is 2. The fourth-order valence-electron chi connectivity index (χ4n) is 1.82. The van der Waals surface area contributed by atoms with Crippen molar-refractivity contribution in [2.24, 2.45) is 0 Å². The molecule has 0 aliphatic rings. The molecule has 19 heavy (non-hydrogen) atoms. The third-order valence-electron chi connectivity index (χ3n) is 2.73. The Bertz CT molecular complexity index is 595. The highest BCUT2D eigenvalue weighted by atomic mass is 19.4. The molecule has 0 aliphatic heterocycles. The van der Waals surface area contributed by atoms with Crippen LogP contribution in [-0.2, 0) is 12.6 Å². The summed E-state index contributed by atoms with van der Waals surface area (Å²) in [5.41, 5.74) is 5.79. The van der Waals surface area contributed by atoms with Crippen molar-refractivity contribution >= 4 is 16.9 Å². The van der Waals surface area contributed by atoms with Gasteiger partial charge in [0.15, 0.2) is 0 Å². The van der Waals surface area contributed by atoms with Crippen molar-refractivity contribution in [1.82, 2.24) is 15.3 Å². The molecule has 0 fully saturated rings. The molecule has 0 saturated carbocycles. The Labute approximate surface area is 107 Å². The lowest BCUT2D eigenvalue weighted by molar-refractivity contribution is -0.137. The van der Waals surface area contributed by atoms with Gasteiger partial charge in [-0.25, -0.2) is 9.97 Å². The van der Waals surface area contributed by atoms with Crippen molar-refractivity contribution in [2.45, 2.75) is 12.6 Å². The van der Waals surface area contributed by atoms with Gasteiger partial charge in [0.25, 0.3) is 0 Å². The van der Waals surface area contributed by atoms with Crippen LogP contribution in [0.5, 0.6) is 0 Å². The van der Waals surface area contributed by atoms with E-state index in [-0.39, 0.29) is 5.95 Å². The van der Waals surface area contributed by atoms with Crippen molar-refractivity contribution in [3.8, 4) is 0 Å². The van der Waals surface area contributed by atoms with Crippen molar-refractivity contribution in [1.29, 1.82) is 0 Å². The molecular formula is C12H13F3N4. The second-order valence-corrected chi connectivity index (χ2v) is 4.11. The van der Waals surface area contributed by atoms with Crippen molar-refractivity contribution in [2.75, 3.05) is 19.3 Å². The molecule has 0 atom stereocenters. The van der Waals surface area contributed by atoms with Crippen LogP contribution in [0.1, 0.15) is 11.3 Å². The number of hydrogen-bond acceptors (Lipinski definition) is 4. The predicted octanol–water partition coefficient (Wildman–Crippen LogP) is 1.99. The van der Waals surface area contributed by atoms with E-state index in [1.165, 1.54) is 6.07 Å². The molecule has 1 aromatic carbocycles. The van der Waals surface area contributed by atoms with Crippen molar-refractivity contribution in [3.05, 3.63) is 29.5 Å². The molecule has 0 amide bonds. The van der Waals surface area contributed by atoms with Gasteiger partial charge in [-0.3, -0.25) is 0 Å². The van der Waals surface area contributed by atoms with Crippen LogP contribution in [0.2, 0.25) is 0 Å². The van der Waals surface area contributed by atoms with E-state index in [0.29, 0.717) is 29.6 Å². The number of fused-ring (bicyclic) bond motifs is 1. The minimum Gasteiger partial charge on any atom is -0.368 e. The number of nitrogens with zero attached hydrogens (tertiary/aromatic N) is 2. The maximum Gasteiger partial charge on any atom is 0.416 e. The summed E-state index contributed by atoms with van der Waals surface area (Å²) in [5.74, 6) is 0.0679. The van der Waals surface area contributed by atoms with Crippen LogP contribution >= 0.6 is 0 Å². The van der Waals surface area contributed by atoms with E-state index in [1.54, 1.807) is 7.05 Å². The van der Waals surface area contributed by atoms with Gasteiger partial charge in [-0.15, -0.1) is 0 Å². The molecule has 0 bridgehead atoms. The summed E-state index contributed by atoms with van der Waals surface area (Å²) in [4.78, 5) is 7.97. The summed E-state index contributed by atoms with van der Waals surface area (Å²) in [5, 5.41) is 3.31. The molecule has 102 valence electrons. The highest BCUT2D eigenvalue weighted by molar-refractivity contribution is 5.82. The van der Waals surface area contributed by atoms with Gasteiger partial charge in [0.1, 0.15) is 0 Å². The number of nitrogens with one attached hydrogen (secondary N) is 1. The molecule has 0 radical (unpaired) electrons. The zero-order chi connectivity index (χ0) is 14.0. The van der Waals surface area contributed by atoms with E-state index >= 15 is 0 Å². The molecule has 7 heteroatoms. The van der Waals surface area contributed by atoms with E-state index < -0.39 is 11.7 Å². The van der Waals surface area contributed by atoms with Crippen molar-refractivity contribution < 1.29 is 13.2 Å². The zero-order valence-corrected chi connectivity index (χ0v) is 10.3. The van der Waals surface area contributed by atoms with Gasteiger partial charge in [-0.2, -0.15) is 13.2 Å². The Hall–Kier alpha value is -1.89. The summed E-state index contributed by atoms with van der Waals surface area (Å²) in [6, 6.07) is 3.38. The largest absolute Gasteiger partial charge is 0.416 e. The third-order valence-corrected chi connectivity index (χ3v) is 2.73. The zero-order valence-electron chi connectivity index (χ0n) is 10.3. The first-order chi connectivity index (χ1) is 8.91. The average Bonchev–Trinajstić information content (AvgIpc) is 2.34. The van der Waals surface area contributed by atoms with Crippen LogP contribution in [0.25, 0.3) is 10.9 Å². The average molecular weight is 270 g/mol. The topological polar surface area (TPSA) is 63.8 Å². The number of rotatable bonds is 3. The summed E-state index contributed by atoms with van der Waals surface area (Å²) in [6.07, 6.45) is -3.89. The van der Waals surface area contributed by atoms with E-state index in [2.05, 4.69) is 15.3 Å². The molecule has 2 rings (SSSR count). The van der Waals surface area contributed by atoms with Crippen LogP contribution in [0.15, 0.2) is 18.2 Å². The quantitative estimate of drug-likeness (QED) is 0.895. The molecule has 1 heterocycles. The number of likely N-dealkylation sites (N-methyl/N-ethyl adjacent to an activating group) is 1. The van der Waals surface area contributed by atoms with Gasteiger partial charge >= 0.3 is 6.18 Å². The van der Waals surface area contributed by atoms with Gasteiger partial charge in [0.05, 0.1) is 16.8 Å². The van der Waals surface area contributed by atoms with Gasteiger partial charge in [-0.1, -0.05) is 0 Å². The Balaban J connectivity index is 2.58. The third kappa shape index (κ3) is 2.93. The molecule has 3 N–H and O–H groups in total. The maximum atomic E-state index is 12.7. The summed E-state index contributed by atoms with van der Waals surface area (Å²) < 4.78 is 38.1. The number of nitrogens with two attached hydrogens (primary N) is 1. The Morgan fingerprint density at radius 1 is 1.26 bits per heavy atom. The molecule has 1 aromatic heterocycles. The second kappa shape index (κ2) is 5.00. The fourth-order valence-corrected chi connectivity index (χ4v) is 1.82. The first kappa shape index (κ1) is 13.5. The first-order valence-corrected chi connectivity index (χ1v) is 5.70. The highest BCUT2D eigenvalue weighted by Gasteiger charge is 2.30. The predicted molar refractivity (Wildman–Crippen MR) is 66.6 cm³/mol. The Kier molecular flexibility index (Phi) is 3.57. The van der Waals surface area contributed by atoms with E-state index in [0.717, 1.165) is 12.1 Å². The first-order valence-electron chi connectivity index (χ1n) is 5.70. The van der Waals surface area contributed by atoms with E-state index in [4.69, 9.17) is 5.73 Å². The van der Waals surface area contributed by atoms with Gasteiger partial charge in [0.2, 0.25) is 5.95 Å².